The van der Waals surface area contributed by atoms with Crippen LogP contribution >= 0.6 is 11.3 Å². The number of hydrogen-bond donors (Lipinski definition) is 1. The normalized spacial score (nSPS) is 21.2. The number of piperidine rings is 1. The minimum Gasteiger partial charge on any atom is -0.353 e. The molecule has 1 aromatic rings. The lowest BCUT2D eigenvalue weighted by molar-refractivity contribution is -0.133. The first kappa shape index (κ1) is 16.5. The highest BCUT2D eigenvalue weighted by Crippen LogP contribution is 2.23. The molecular weight excluding hydrogens is 308 g/mol. The Morgan fingerprint density at radius 3 is 2.87 bits per heavy atom. The van der Waals surface area contributed by atoms with E-state index in [0.717, 1.165) is 51.6 Å². The van der Waals surface area contributed by atoms with Crippen LogP contribution in [0.4, 0.5) is 0 Å². The largest absolute Gasteiger partial charge is 0.353 e. The Balaban J connectivity index is 1.38. The molecule has 0 spiro atoms. The lowest BCUT2D eigenvalue weighted by Gasteiger charge is -2.33. The average molecular weight is 334 g/mol. The van der Waals surface area contributed by atoms with Crippen LogP contribution in [0.25, 0.3) is 0 Å². The molecule has 2 heterocycles. The van der Waals surface area contributed by atoms with Crippen molar-refractivity contribution in [2.24, 2.45) is 5.92 Å². The fourth-order valence-corrected chi connectivity index (χ4v) is 3.94. The SMILES string of the molecule is O=C(CCC1CCCN(C(=O)CCc2cccs2)C1)NC1CC1. The van der Waals surface area contributed by atoms with Gasteiger partial charge in [-0.15, -0.1) is 11.3 Å². The quantitative estimate of drug-likeness (QED) is 0.833. The van der Waals surface area contributed by atoms with Crippen LogP contribution in [-0.4, -0.2) is 35.8 Å². The van der Waals surface area contributed by atoms with Gasteiger partial charge in [0.1, 0.15) is 0 Å². The third-order valence-corrected chi connectivity index (χ3v) is 5.70. The van der Waals surface area contributed by atoms with Gasteiger partial charge in [0.2, 0.25) is 11.8 Å². The minimum atomic E-state index is 0.189. The molecule has 23 heavy (non-hydrogen) atoms. The number of nitrogens with one attached hydrogen (secondary N) is 1. The van der Waals surface area contributed by atoms with Crippen molar-refractivity contribution >= 4 is 23.2 Å². The van der Waals surface area contributed by atoms with Crippen LogP contribution in [0.3, 0.4) is 0 Å². The van der Waals surface area contributed by atoms with Gasteiger partial charge in [-0.1, -0.05) is 6.07 Å². The Kier molecular flexibility index (Phi) is 5.70. The van der Waals surface area contributed by atoms with E-state index in [2.05, 4.69) is 16.8 Å². The molecule has 3 rings (SSSR count). The standard InChI is InChI=1S/C18H26N2O2S/c21-17(19-15-6-7-15)9-5-14-3-1-11-20(13-14)18(22)10-8-16-4-2-12-23-16/h2,4,12,14-15H,1,3,5-11,13H2,(H,19,21). The van der Waals surface area contributed by atoms with Crippen molar-refractivity contribution in [3.05, 3.63) is 22.4 Å². The molecule has 2 fully saturated rings. The van der Waals surface area contributed by atoms with Crippen LogP contribution in [0.15, 0.2) is 17.5 Å². The van der Waals surface area contributed by atoms with Gasteiger partial charge in [-0.2, -0.15) is 0 Å². The molecule has 126 valence electrons. The Bertz CT molecular complexity index is 525. The molecule has 1 aliphatic carbocycles. The van der Waals surface area contributed by atoms with Gasteiger partial charge in [0.05, 0.1) is 0 Å². The van der Waals surface area contributed by atoms with Gasteiger partial charge in [0.25, 0.3) is 0 Å². The Morgan fingerprint density at radius 2 is 2.13 bits per heavy atom. The predicted molar refractivity (Wildman–Crippen MR) is 92.3 cm³/mol. The van der Waals surface area contributed by atoms with E-state index in [1.807, 2.05) is 11.0 Å². The van der Waals surface area contributed by atoms with Crippen LogP contribution in [-0.2, 0) is 16.0 Å². The maximum Gasteiger partial charge on any atom is 0.222 e. The van der Waals surface area contributed by atoms with Gasteiger partial charge in [-0.3, -0.25) is 9.59 Å². The number of hydrogen-bond acceptors (Lipinski definition) is 3. The summed E-state index contributed by atoms with van der Waals surface area (Å²) < 4.78 is 0. The highest BCUT2D eigenvalue weighted by molar-refractivity contribution is 7.09. The molecule has 1 N–H and O–H groups in total. The number of rotatable bonds is 7. The van der Waals surface area contributed by atoms with Gasteiger partial charge in [-0.05, 0) is 55.9 Å². The molecule has 0 bridgehead atoms. The summed E-state index contributed by atoms with van der Waals surface area (Å²) in [4.78, 5) is 27.5. The molecule has 1 atom stereocenters. The van der Waals surface area contributed by atoms with Crippen molar-refractivity contribution in [1.29, 1.82) is 0 Å². The van der Waals surface area contributed by atoms with Gasteiger partial charge in [0, 0.05) is 36.9 Å². The number of carbonyl (C=O) groups is 2. The first-order chi connectivity index (χ1) is 11.2. The number of amides is 2. The van der Waals surface area contributed by atoms with Crippen LogP contribution in [0.1, 0.15) is 49.8 Å². The Morgan fingerprint density at radius 1 is 1.26 bits per heavy atom. The van der Waals surface area contributed by atoms with E-state index >= 15 is 0 Å². The first-order valence-electron chi connectivity index (χ1n) is 8.80. The molecule has 1 saturated heterocycles. The highest BCUT2D eigenvalue weighted by Gasteiger charge is 2.26. The van der Waals surface area contributed by atoms with E-state index in [0.29, 0.717) is 24.8 Å². The van der Waals surface area contributed by atoms with Crippen LogP contribution in [0.5, 0.6) is 0 Å². The molecule has 5 heteroatoms. The summed E-state index contributed by atoms with van der Waals surface area (Å²) in [5.41, 5.74) is 0. The molecule has 2 aliphatic rings. The summed E-state index contributed by atoms with van der Waals surface area (Å²) in [6, 6.07) is 4.58. The van der Waals surface area contributed by atoms with E-state index in [1.165, 1.54) is 4.88 Å². The zero-order chi connectivity index (χ0) is 16.1. The van der Waals surface area contributed by atoms with Crippen molar-refractivity contribution in [1.82, 2.24) is 10.2 Å². The number of aryl methyl sites for hydroxylation is 1. The van der Waals surface area contributed by atoms with Crippen LogP contribution in [0, 0.1) is 5.92 Å². The maximum absolute atomic E-state index is 12.4. The summed E-state index contributed by atoms with van der Waals surface area (Å²) in [7, 11) is 0. The average Bonchev–Trinajstić information content (AvgIpc) is 3.22. The molecule has 1 aliphatic heterocycles. The zero-order valence-electron chi connectivity index (χ0n) is 13.6. The fraction of sp³-hybridized carbons (Fsp3) is 0.667. The molecule has 0 aromatic carbocycles. The minimum absolute atomic E-state index is 0.189. The lowest BCUT2D eigenvalue weighted by atomic mass is 9.93. The number of likely N-dealkylation sites (tertiary alicyclic amines) is 1. The summed E-state index contributed by atoms with van der Waals surface area (Å²) in [5.74, 6) is 0.943. The predicted octanol–water partition coefficient (Wildman–Crippen LogP) is 2.98. The topological polar surface area (TPSA) is 49.4 Å². The molecule has 4 nitrogen and oxygen atoms in total. The summed E-state index contributed by atoms with van der Waals surface area (Å²) in [5, 5.41) is 5.10. The van der Waals surface area contributed by atoms with E-state index in [9.17, 15) is 9.59 Å². The van der Waals surface area contributed by atoms with Crippen LogP contribution < -0.4 is 5.32 Å². The van der Waals surface area contributed by atoms with Crippen molar-refractivity contribution < 1.29 is 9.59 Å². The number of thiophene rings is 1. The van der Waals surface area contributed by atoms with Gasteiger partial charge >= 0.3 is 0 Å². The molecule has 1 aromatic heterocycles. The lowest BCUT2D eigenvalue weighted by Crippen LogP contribution is -2.40. The monoisotopic (exact) mass is 334 g/mol. The highest BCUT2D eigenvalue weighted by atomic mass is 32.1. The van der Waals surface area contributed by atoms with Gasteiger partial charge in [0.15, 0.2) is 0 Å². The van der Waals surface area contributed by atoms with Crippen molar-refractivity contribution in [3.8, 4) is 0 Å². The molecular formula is C18H26N2O2S. The van der Waals surface area contributed by atoms with Gasteiger partial charge < -0.3 is 10.2 Å². The van der Waals surface area contributed by atoms with E-state index in [1.54, 1.807) is 11.3 Å². The second kappa shape index (κ2) is 7.95. The van der Waals surface area contributed by atoms with Crippen molar-refractivity contribution in [3.63, 3.8) is 0 Å². The van der Waals surface area contributed by atoms with E-state index in [-0.39, 0.29) is 11.8 Å². The maximum atomic E-state index is 12.4. The summed E-state index contributed by atoms with van der Waals surface area (Å²) in [6.07, 6.45) is 7.47. The van der Waals surface area contributed by atoms with Gasteiger partial charge in [-0.25, -0.2) is 0 Å². The third-order valence-electron chi connectivity index (χ3n) is 4.76. The first-order valence-corrected chi connectivity index (χ1v) is 9.68. The van der Waals surface area contributed by atoms with Crippen LogP contribution in [0.2, 0.25) is 0 Å². The summed E-state index contributed by atoms with van der Waals surface area (Å²) >= 11 is 1.72. The fourth-order valence-electron chi connectivity index (χ4n) is 3.23. The molecule has 1 unspecified atom stereocenters. The van der Waals surface area contributed by atoms with Crippen molar-refractivity contribution in [2.45, 2.75) is 57.4 Å². The van der Waals surface area contributed by atoms with E-state index < -0.39 is 0 Å². The Labute approximate surface area is 142 Å². The number of carbonyl (C=O) groups excluding carboxylic acids is 2. The molecule has 1 saturated carbocycles. The smallest absolute Gasteiger partial charge is 0.222 e. The Hall–Kier alpha value is -1.36. The zero-order valence-corrected chi connectivity index (χ0v) is 14.4. The second-order valence-electron chi connectivity index (χ2n) is 6.81. The molecule has 2 amide bonds. The van der Waals surface area contributed by atoms with Crippen molar-refractivity contribution in [2.75, 3.05) is 13.1 Å². The third kappa shape index (κ3) is 5.34. The summed E-state index contributed by atoms with van der Waals surface area (Å²) in [6.45, 7) is 1.72. The van der Waals surface area contributed by atoms with E-state index in [4.69, 9.17) is 0 Å². The second-order valence-corrected chi connectivity index (χ2v) is 7.84. The number of nitrogens with zero attached hydrogens (tertiary/aromatic N) is 1. The molecule has 0 radical (unpaired) electrons.